The highest BCUT2D eigenvalue weighted by molar-refractivity contribution is 6.02. The average Bonchev–Trinajstić information content (AvgIpc) is 3.27. The van der Waals surface area contributed by atoms with E-state index in [0.29, 0.717) is 5.82 Å². The number of nitrogens with zero attached hydrogens (tertiary/aromatic N) is 3. The van der Waals surface area contributed by atoms with Gasteiger partial charge in [-0.1, -0.05) is 18.2 Å². The van der Waals surface area contributed by atoms with Crippen LogP contribution in [0.2, 0.25) is 0 Å². The third-order valence-corrected chi connectivity index (χ3v) is 5.22. The lowest BCUT2D eigenvalue weighted by Crippen LogP contribution is -2.18. The van der Waals surface area contributed by atoms with Gasteiger partial charge in [0.05, 0.1) is 12.4 Å². The van der Waals surface area contributed by atoms with Crippen LogP contribution < -0.4 is 15.5 Å². The van der Waals surface area contributed by atoms with Gasteiger partial charge in [0.25, 0.3) is 5.91 Å². The molecule has 0 saturated carbocycles. The van der Waals surface area contributed by atoms with Crippen LogP contribution in [0, 0.1) is 13.8 Å². The molecule has 0 bridgehead atoms. The van der Waals surface area contributed by atoms with Crippen molar-refractivity contribution in [2.24, 2.45) is 0 Å². The lowest BCUT2D eigenvalue weighted by molar-refractivity contribution is 0.102. The van der Waals surface area contributed by atoms with E-state index in [9.17, 15) is 4.79 Å². The number of hydrogen-bond donors (Lipinski definition) is 2. The maximum atomic E-state index is 12.5. The van der Waals surface area contributed by atoms with Crippen LogP contribution in [0.4, 0.5) is 22.9 Å². The molecule has 0 radical (unpaired) electrons. The second-order valence-corrected chi connectivity index (χ2v) is 7.37. The molecule has 4 rings (SSSR count). The predicted molar refractivity (Wildman–Crippen MR) is 117 cm³/mol. The SMILES string of the molecule is Cc1cccc(C)c1Nc1cnc(C(=O)Nc2ccc(N3CCCC3)cc2)cn1. The highest BCUT2D eigenvalue weighted by atomic mass is 16.1. The van der Waals surface area contributed by atoms with E-state index in [1.807, 2.05) is 56.3 Å². The van der Waals surface area contributed by atoms with Crippen molar-refractivity contribution in [1.29, 1.82) is 0 Å². The molecule has 2 aromatic carbocycles. The Labute approximate surface area is 171 Å². The molecule has 148 valence electrons. The largest absolute Gasteiger partial charge is 0.372 e. The fourth-order valence-electron chi connectivity index (χ4n) is 3.58. The molecule has 1 amide bonds. The van der Waals surface area contributed by atoms with E-state index in [2.05, 4.69) is 25.5 Å². The molecule has 1 aromatic heterocycles. The Bertz CT molecular complexity index is 973. The second kappa shape index (κ2) is 8.31. The summed E-state index contributed by atoms with van der Waals surface area (Å²) in [5.41, 5.74) is 5.49. The summed E-state index contributed by atoms with van der Waals surface area (Å²) in [4.78, 5) is 23.5. The summed E-state index contributed by atoms with van der Waals surface area (Å²) in [6, 6.07) is 14.0. The number of hydrogen-bond acceptors (Lipinski definition) is 5. The monoisotopic (exact) mass is 387 g/mol. The van der Waals surface area contributed by atoms with Gasteiger partial charge in [-0.05, 0) is 62.1 Å². The minimum atomic E-state index is -0.273. The van der Waals surface area contributed by atoms with Crippen molar-refractivity contribution in [3.05, 3.63) is 71.7 Å². The molecule has 1 aliphatic rings. The number of rotatable bonds is 5. The Hall–Kier alpha value is -3.41. The van der Waals surface area contributed by atoms with E-state index < -0.39 is 0 Å². The summed E-state index contributed by atoms with van der Waals surface area (Å²) in [6.07, 6.45) is 5.55. The molecule has 6 nitrogen and oxygen atoms in total. The van der Waals surface area contributed by atoms with Crippen molar-refractivity contribution in [1.82, 2.24) is 9.97 Å². The minimum Gasteiger partial charge on any atom is -0.372 e. The van der Waals surface area contributed by atoms with E-state index in [1.54, 1.807) is 6.20 Å². The van der Waals surface area contributed by atoms with Gasteiger partial charge in [0.15, 0.2) is 0 Å². The van der Waals surface area contributed by atoms with Gasteiger partial charge in [-0.15, -0.1) is 0 Å². The first-order valence-electron chi connectivity index (χ1n) is 9.92. The number of aromatic nitrogens is 2. The van der Waals surface area contributed by atoms with Gasteiger partial charge in [0.2, 0.25) is 0 Å². The summed E-state index contributed by atoms with van der Waals surface area (Å²) in [5.74, 6) is 0.332. The van der Waals surface area contributed by atoms with E-state index in [-0.39, 0.29) is 11.6 Å². The van der Waals surface area contributed by atoms with Crippen LogP contribution in [0.3, 0.4) is 0 Å². The Morgan fingerprint density at radius 3 is 2.24 bits per heavy atom. The molecule has 1 saturated heterocycles. The number of benzene rings is 2. The number of para-hydroxylation sites is 1. The lowest BCUT2D eigenvalue weighted by atomic mass is 10.1. The molecule has 29 heavy (non-hydrogen) atoms. The van der Waals surface area contributed by atoms with Gasteiger partial charge in [-0.25, -0.2) is 9.97 Å². The Balaban J connectivity index is 1.40. The number of aryl methyl sites for hydroxylation is 2. The van der Waals surface area contributed by atoms with Crippen molar-refractivity contribution in [2.75, 3.05) is 28.6 Å². The van der Waals surface area contributed by atoms with Gasteiger partial charge in [0.1, 0.15) is 11.5 Å². The fourth-order valence-corrected chi connectivity index (χ4v) is 3.58. The highest BCUT2D eigenvalue weighted by Gasteiger charge is 2.13. The molecule has 1 fully saturated rings. The normalized spacial score (nSPS) is 13.4. The van der Waals surface area contributed by atoms with E-state index in [4.69, 9.17) is 0 Å². The second-order valence-electron chi connectivity index (χ2n) is 7.37. The van der Waals surface area contributed by atoms with Gasteiger partial charge in [-0.2, -0.15) is 0 Å². The molecular weight excluding hydrogens is 362 g/mol. The van der Waals surface area contributed by atoms with Crippen molar-refractivity contribution in [3.63, 3.8) is 0 Å². The van der Waals surface area contributed by atoms with Gasteiger partial charge >= 0.3 is 0 Å². The van der Waals surface area contributed by atoms with E-state index >= 15 is 0 Å². The van der Waals surface area contributed by atoms with E-state index in [0.717, 1.165) is 35.6 Å². The van der Waals surface area contributed by atoms with Crippen LogP contribution in [0.5, 0.6) is 0 Å². The van der Waals surface area contributed by atoms with Gasteiger partial charge < -0.3 is 15.5 Å². The average molecular weight is 387 g/mol. The zero-order valence-electron chi connectivity index (χ0n) is 16.8. The minimum absolute atomic E-state index is 0.273. The summed E-state index contributed by atoms with van der Waals surface area (Å²) in [5, 5.41) is 6.16. The topological polar surface area (TPSA) is 70.2 Å². The van der Waals surface area contributed by atoms with E-state index in [1.165, 1.54) is 24.7 Å². The third kappa shape index (κ3) is 4.37. The molecule has 0 aliphatic carbocycles. The maximum Gasteiger partial charge on any atom is 0.275 e. The predicted octanol–water partition coefficient (Wildman–Crippen LogP) is 4.69. The van der Waals surface area contributed by atoms with Crippen LogP contribution in [0.15, 0.2) is 54.9 Å². The summed E-state index contributed by atoms with van der Waals surface area (Å²) < 4.78 is 0. The lowest BCUT2D eigenvalue weighted by Gasteiger charge is -2.17. The molecule has 2 N–H and O–H groups in total. The molecule has 0 atom stereocenters. The van der Waals surface area contributed by atoms with Crippen molar-refractivity contribution in [3.8, 4) is 0 Å². The molecule has 1 aliphatic heterocycles. The number of nitrogens with one attached hydrogen (secondary N) is 2. The van der Waals surface area contributed by atoms with Gasteiger partial charge in [0, 0.05) is 30.2 Å². The summed E-state index contributed by atoms with van der Waals surface area (Å²) in [6.45, 7) is 6.28. The Morgan fingerprint density at radius 1 is 0.931 bits per heavy atom. The van der Waals surface area contributed by atoms with Crippen LogP contribution >= 0.6 is 0 Å². The first-order valence-corrected chi connectivity index (χ1v) is 9.92. The zero-order valence-corrected chi connectivity index (χ0v) is 16.8. The van der Waals surface area contributed by atoms with Gasteiger partial charge in [-0.3, -0.25) is 4.79 Å². The molecule has 2 heterocycles. The smallest absolute Gasteiger partial charge is 0.275 e. The molecule has 6 heteroatoms. The molecule has 0 unspecified atom stereocenters. The number of anilines is 4. The van der Waals surface area contributed by atoms with Crippen molar-refractivity contribution in [2.45, 2.75) is 26.7 Å². The number of amides is 1. The quantitative estimate of drug-likeness (QED) is 0.665. The molecular formula is C23H25N5O. The Kier molecular flexibility index (Phi) is 5.42. The zero-order chi connectivity index (χ0) is 20.2. The fraction of sp³-hybridized carbons (Fsp3) is 0.261. The molecule has 3 aromatic rings. The summed E-state index contributed by atoms with van der Waals surface area (Å²) in [7, 11) is 0. The Morgan fingerprint density at radius 2 is 1.62 bits per heavy atom. The standard InChI is InChI=1S/C23H25N5O/c1-16-6-5-7-17(2)22(16)27-21-15-24-20(14-25-21)23(29)26-18-8-10-19(11-9-18)28-12-3-4-13-28/h5-11,14-15H,3-4,12-13H2,1-2H3,(H,25,27)(H,26,29). The molecule has 0 spiro atoms. The first kappa shape index (κ1) is 18.9. The van der Waals surface area contributed by atoms with Crippen molar-refractivity contribution < 1.29 is 4.79 Å². The first-order chi connectivity index (χ1) is 14.1. The number of carbonyl (C=O) groups excluding carboxylic acids is 1. The van der Waals surface area contributed by atoms with Crippen LogP contribution in [0.1, 0.15) is 34.5 Å². The summed E-state index contributed by atoms with van der Waals surface area (Å²) >= 11 is 0. The van der Waals surface area contributed by atoms with Crippen LogP contribution in [-0.4, -0.2) is 29.0 Å². The third-order valence-electron chi connectivity index (χ3n) is 5.22. The van der Waals surface area contributed by atoms with Crippen LogP contribution in [-0.2, 0) is 0 Å². The number of carbonyl (C=O) groups is 1. The maximum absolute atomic E-state index is 12.5. The van der Waals surface area contributed by atoms with Crippen LogP contribution in [0.25, 0.3) is 0 Å². The highest BCUT2D eigenvalue weighted by Crippen LogP contribution is 2.24. The van der Waals surface area contributed by atoms with Crippen molar-refractivity contribution >= 4 is 28.8 Å².